The minimum absolute atomic E-state index is 0.277. The van der Waals surface area contributed by atoms with E-state index < -0.39 is 0 Å². The van der Waals surface area contributed by atoms with Gasteiger partial charge < -0.3 is 14.8 Å². The van der Waals surface area contributed by atoms with Gasteiger partial charge in [0.2, 0.25) is 0 Å². The topological polar surface area (TPSA) is 30.5 Å². The van der Waals surface area contributed by atoms with E-state index in [-0.39, 0.29) is 12.2 Å². The zero-order valence-corrected chi connectivity index (χ0v) is 7.89. The van der Waals surface area contributed by atoms with E-state index in [0.717, 1.165) is 13.1 Å². The Kier molecular flexibility index (Phi) is 6.51. The molecule has 0 aliphatic rings. The van der Waals surface area contributed by atoms with Gasteiger partial charge in [0.1, 0.15) is 0 Å². The summed E-state index contributed by atoms with van der Waals surface area (Å²) in [6.07, 6.45) is 0.554. The molecule has 0 heterocycles. The highest BCUT2D eigenvalue weighted by Gasteiger charge is 2.00. The summed E-state index contributed by atoms with van der Waals surface area (Å²) >= 11 is 0. The van der Waals surface area contributed by atoms with E-state index in [1.807, 2.05) is 13.8 Å². The van der Waals surface area contributed by atoms with Crippen LogP contribution in [0.4, 0.5) is 0 Å². The molecule has 0 radical (unpaired) electrons. The molecule has 0 saturated carbocycles. The minimum atomic E-state index is 0.277. The summed E-state index contributed by atoms with van der Waals surface area (Å²) in [6, 6.07) is 0. The predicted molar refractivity (Wildman–Crippen MR) is 45.8 cm³/mol. The van der Waals surface area contributed by atoms with E-state index >= 15 is 0 Å². The van der Waals surface area contributed by atoms with Gasteiger partial charge in [0, 0.05) is 27.3 Å². The first kappa shape index (κ1) is 10.9. The van der Waals surface area contributed by atoms with Crippen LogP contribution in [0.2, 0.25) is 0 Å². The fourth-order valence-electron chi connectivity index (χ4n) is 0.657. The summed E-state index contributed by atoms with van der Waals surface area (Å²) in [5, 5.41) is 3.24. The fraction of sp³-hybridized carbons (Fsp3) is 1.00. The Morgan fingerprint density at radius 1 is 1.00 bits per heavy atom. The molecule has 0 fully saturated rings. The first-order valence-electron chi connectivity index (χ1n) is 3.97. The highest BCUT2D eigenvalue weighted by Crippen LogP contribution is 1.86. The van der Waals surface area contributed by atoms with Crippen molar-refractivity contribution in [2.75, 3.05) is 27.3 Å². The van der Waals surface area contributed by atoms with E-state index in [4.69, 9.17) is 9.47 Å². The van der Waals surface area contributed by atoms with Crippen LogP contribution >= 0.6 is 0 Å². The van der Waals surface area contributed by atoms with E-state index in [2.05, 4.69) is 5.32 Å². The Labute approximate surface area is 69.1 Å². The monoisotopic (exact) mass is 161 g/mol. The molecule has 11 heavy (non-hydrogen) atoms. The molecule has 0 aliphatic heterocycles. The Morgan fingerprint density at radius 2 is 1.36 bits per heavy atom. The third kappa shape index (κ3) is 6.28. The van der Waals surface area contributed by atoms with Crippen LogP contribution in [0.5, 0.6) is 0 Å². The predicted octanol–water partition coefficient (Wildman–Crippen LogP) is 0.646. The third-order valence-electron chi connectivity index (χ3n) is 1.67. The lowest BCUT2D eigenvalue weighted by Gasteiger charge is -2.13. The van der Waals surface area contributed by atoms with E-state index in [1.165, 1.54) is 0 Å². The average molecular weight is 161 g/mol. The smallest absolute Gasteiger partial charge is 0.0667 e. The fourth-order valence-corrected chi connectivity index (χ4v) is 0.657. The molecule has 0 rings (SSSR count). The van der Waals surface area contributed by atoms with Crippen LogP contribution in [0, 0.1) is 0 Å². The zero-order chi connectivity index (χ0) is 8.69. The molecular weight excluding hydrogens is 142 g/mol. The van der Waals surface area contributed by atoms with Crippen LogP contribution in [-0.4, -0.2) is 39.5 Å². The molecule has 0 spiro atoms. The van der Waals surface area contributed by atoms with E-state index in [9.17, 15) is 0 Å². The second-order valence-corrected chi connectivity index (χ2v) is 2.75. The first-order valence-corrected chi connectivity index (χ1v) is 3.97. The number of ether oxygens (including phenoxy) is 2. The maximum atomic E-state index is 5.06. The summed E-state index contributed by atoms with van der Waals surface area (Å²) in [7, 11) is 3.43. The summed E-state index contributed by atoms with van der Waals surface area (Å²) < 4.78 is 10.1. The van der Waals surface area contributed by atoms with Gasteiger partial charge >= 0.3 is 0 Å². The van der Waals surface area contributed by atoms with Crippen molar-refractivity contribution in [1.82, 2.24) is 5.32 Å². The van der Waals surface area contributed by atoms with Gasteiger partial charge in [0.15, 0.2) is 0 Å². The van der Waals surface area contributed by atoms with Gasteiger partial charge in [-0.3, -0.25) is 0 Å². The van der Waals surface area contributed by atoms with Crippen molar-refractivity contribution < 1.29 is 9.47 Å². The normalized spacial score (nSPS) is 16.4. The average Bonchev–Trinajstić information content (AvgIpc) is 2.04. The minimum Gasteiger partial charge on any atom is -0.380 e. The van der Waals surface area contributed by atoms with Gasteiger partial charge in [-0.25, -0.2) is 0 Å². The number of hydrogen-bond donors (Lipinski definition) is 1. The van der Waals surface area contributed by atoms with Gasteiger partial charge in [-0.2, -0.15) is 0 Å². The molecule has 0 unspecified atom stereocenters. The van der Waals surface area contributed by atoms with Crippen LogP contribution in [0.15, 0.2) is 0 Å². The molecule has 3 nitrogen and oxygen atoms in total. The molecule has 0 bridgehead atoms. The molecule has 68 valence electrons. The van der Waals surface area contributed by atoms with Crippen molar-refractivity contribution in [3.8, 4) is 0 Å². The van der Waals surface area contributed by atoms with Crippen molar-refractivity contribution in [3.05, 3.63) is 0 Å². The summed E-state index contributed by atoms with van der Waals surface area (Å²) in [6.45, 7) is 5.82. The van der Waals surface area contributed by atoms with Gasteiger partial charge in [-0.05, 0) is 13.8 Å². The summed E-state index contributed by atoms with van der Waals surface area (Å²) in [4.78, 5) is 0. The van der Waals surface area contributed by atoms with E-state index in [1.54, 1.807) is 14.2 Å². The summed E-state index contributed by atoms with van der Waals surface area (Å²) in [5.74, 6) is 0. The second kappa shape index (κ2) is 6.58. The van der Waals surface area contributed by atoms with Gasteiger partial charge in [-0.15, -0.1) is 0 Å². The van der Waals surface area contributed by atoms with Crippen molar-refractivity contribution >= 4 is 0 Å². The molecule has 0 aromatic carbocycles. The van der Waals surface area contributed by atoms with Gasteiger partial charge in [-0.1, -0.05) is 0 Å². The molecular formula is C8H19NO2. The highest BCUT2D eigenvalue weighted by atomic mass is 16.5. The van der Waals surface area contributed by atoms with Gasteiger partial charge in [0.25, 0.3) is 0 Å². The summed E-state index contributed by atoms with van der Waals surface area (Å²) in [5.41, 5.74) is 0. The Balaban J connectivity index is 3.13. The quantitative estimate of drug-likeness (QED) is 0.620. The second-order valence-electron chi connectivity index (χ2n) is 2.75. The van der Waals surface area contributed by atoms with Crippen molar-refractivity contribution in [1.29, 1.82) is 0 Å². The lowest BCUT2D eigenvalue weighted by atomic mass is 10.3. The largest absolute Gasteiger partial charge is 0.380 e. The van der Waals surface area contributed by atoms with Crippen LogP contribution in [0.1, 0.15) is 13.8 Å². The third-order valence-corrected chi connectivity index (χ3v) is 1.67. The standard InChI is InChI=1S/C8H19NO2/c1-7(10-3)5-9-6-8(2)11-4/h7-9H,5-6H2,1-4H3/t7-,8+. The SMILES string of the molecule is CO[C@H](C)CNC[C@H](C)OC. The van der Waals surface area contributed by atoms with Crippen LogP contribution < -0.4 is 5.32 Å². The molecule has 0 aromatic rings. The zero-order valence-electron chi connectivity index (χ0n) is 7.89. The van der Waals surface area contributed by atoms with Crippen LogP contribution in [-0.2, 0) is 9.47 Å². The Bertz CT molecular complexity index is 78.2. The number of nitrogens with one attached hydrogen (secondary N) is 1. The molecule has 0 amide bonds. The number of methoxy groups -OCH3 is 2. The molecule has 0 aromatic heterocycles. The van der Waals surface area contributed by atoms with Crippen LogP contribution in [0.3, 0.4) is 0 Å². The number of rotatable bonds is 6. The molecule has 3 heteroatoms. The van der Waals surface area contributed by atoms with Crippen LogP contribution in [0.25, 0.3) is 0 Å². The first-order chi connectivity index (χ1) is 5.20. The maximum Gasteiger partial charge on any atom is 0.0667 e. The molecule has 0 saturated heterocycles. The Hall–Kier alpha value is -0.120. The van der Waals surface area contributed by atoms with Gasteiger partial charge in [0.05, 0.1) is 12.2 Å². The molecule has 1 N–H and O–H groups in total. The maximum absolute atomic E-state index is 5.06. The lowest BCUT2D eigenvalue weighted by molar-refractivity contribution is 0.0963. The lowest BCUT2D eigenvalue weighted by Crippen LogP contribution is -2.32. The van der Waals surface area contributed by atoms with Crippen molar-refractivity contribution in [2.24, 2.45) is 0 Å². The van der Waals surface area contributed by atoms with Crippen molar-refractivity contribution in [2.45, 2.75) is 26.1 Å². The highest BCUT2D eigenvalue weighted by molar-refractivity contribution is 4.58. The number of hydrogen-bond acceptors (Lipinski definition) is 3. The Morgan fingerprint density at radius 3 is 1.64 bits per heavy atom. The van der Waals surface area contributed by atoms with Crippen molar-refractivity contribution in [3.63, 3.8) is 0 Å². The molecule has 0 aliphatic carbocycles. The van der Waals surface area contributed by atoms with E-state index in [0.29, 0.717) is 0 Å². The molecule has 2 atom stereocenters.